The molecule has 154 valence electrons. The van der Waals surface area contributed by atoms with Crippen molar-refractivity contribution in [3.05, 3.63) is 24.5 Å². The first-order valence-corrected chi connectivity index (χ1v) is 10.2. The minimum atomic E-state index is -0.729. The smallest absolute Gasteiger partial charge is 0.243 e. The first-order valence-electron chi connectivity index (χ1n) is 10.2. The second kappa shape index (κ2) is 12.2. The van der Waals surface area contributed by atoms with Crippen molar-refractivity contribution in [3.8, 4) is 6.19 Å². The Labute approximate surface area is 167 Å². The van der Waals surface area contributed by atoms with Gasteiger partial charge in [0.2, 0.25) is 5.91 Å². The molecular weight excluding hydrogens is 356 g/mol. The Morgan fingerprint density at radius 2 is 1.96 bits per heavy atom. The molecule has 0 saturated heterocycles. The maximum absolute atomic E-state index is 11.8. The van der Waals surface area contributed by atoms with Crippen LogP contribution in [0.4, 0.5) is 5.69 Å². The largest absolute Gasteiger partial charge is 0.350 e. The first kappa shape index (κ1) is 21.9. The molecule has 1 fully saturated rings. The fraction of sp³-hybridized carbons (Fsp3) is 0.650. The highest BCUT2D eigenvalue weighted by Crippen LogP contribution is 2.19. The van der Waals surface area contributed by atoms with Crippen LogP contribution in [0.1, 0.15) is 64.7 Å². The van der Waals surface area contributed by atoms with Gasteiger partial charge in [-0.1, -0.05) is 25.7 Å². The molecule has 8 nitrogen and oxygen atoms in total. The number of amides is 1. The molecule has 1 unspecified atom stereocenters. The van der Waals surface area contributed by atoms with Crippen LogP contribution < -0.4 is 21.4 Å². The third kappa shape index (κ3) is 8.55. The Bertz CT molecular complexity index is 615. The lowest BCUT2D eigenvalue weighted by Gasteiger charge is -2.31. The van der Waals surface area contributed by atoms with Crippen LogP contribution in [0, 0.1) is 11.5 Å². The van der Waals surface area contributed by atoms with E-state index in [1.165, 1.54) is 12.8 Å². The van der Waals surface area contributed by atoms with E-state index in [1.807, 2.05) is 25.2 Å². The Balaban J connectivity index is 1.54. The molecule has 0 bridgehead atoms. The molecule has 0 aliphatic heterocycles. The molecule has 28 heavy (non-hydrogen) atoms. The molecule has 0 radical (unpaired) electrons. The summed E-state index contributed by atoms with van der Waals surface area (Å²) in [6.45, 7) is 2.63. The number of carbonyl (C=O) groups is 1. The van der Waals surface area contributed by atoms with Crippen molar-refractivity contribution < 1.29 is 9.63 Å². The lowest BCUT2D eigenvalue weighted by molar-refractivity contribution is -0.138. The van der Waals surface area contributed by atoms with Gasteiger partial charge in [-0.3, -0.25) is 25.2 Å². The highest BCUT2D eigenvalue weighted by atomic mass is 16.7. The van der Waals surface area contributed by atoms with Crippen LogP contribution in [0.2, 0.25) is 0 Å². The molecule has 1 aromatic heterocycles. The summed E-state index contributed by atoms with van der Waals surface area (Å²) in [5.41, 5.74) is 3.45. The normalized spacial score (nSPS) is 16.1. The van der Waals surface area contributed by atoms with Gasteiger partial charge in [0, 0.05) is 24.5 Å². The van der Waals surface area contributed by atoms with E-state index in [9.17, 15) is 4.79 Å². The molecule has 0 spiro atoms. The molecule has 1 aromatic rings. The zero-order valence-electron chi connectivity index (χ0n) is 16.7. The van der Waals surface area contributed by atoms with E-state index in [-0.39, 0.29) is 12.0 Å². The summed E-state index contributed by atoms with van der Waals surface area (Å²) >= 11 is 0. The number of hydrogen-bond acceptors (Lipinski definition) is 7. The van der Waals surface area contributed by atoms with Crippen LogP contribution in [-0.4, -0.2) is 29.3 Å². The highest BCUT2D eigenvalue weighted by molar-refractivity contribution is 5.74. The molecule has 1 aliphatic carbocycles. The standard InChI is InChI=1S/C20H32N6O2/c1-20(24-16-21,25-17-11-14-22-15-12-17)23-13-7-3-2-4-10-19(27)26-28-18-8-5-6-9-18/h11-12,14-15,18,23-24H,2-10,13H2,1H3,(H,22,25)(H,26,27). The number of hydrogen-bond donors (Lipinski definition) is 4. The van der Waals surface area contributed by atoms with Crippen molar-refractivity contribution in [1.29, 1.82) is 5.26 Å². The molecule has 1 saturated carbocycles. The number of nitriles is 1. The van der Waals surface area contributed by atoms with E-state index in [2.05, 4.69) is 26.4 Å². The maximum atomic E-state index is 11.8. The van der Waals surface area contributed by atoms with Crippen LogP contribution in [0.3, 0.4) is 0 Å². The molecule has 0 aromatic carbocycles. The van der Waals surface area contributed by atoms with Gasteiger partial charge in [0.05, 0.1) is 6.10 Å². The molecule has 1 atom stereocenters. The van der Waals surface area contributed by atoms with Crippen LogP contribution >= 0.6 is 0 Å². The summed E-state index contributed by atoms with van der Waals surface area (Å²) in [7, 11) is 0. The average molecular weight is 389 g/mol. The van der Waals surface area contributed by atoms with Crippen LogP contribution in [0.5, 0.6) is 0 Å². The number of nitrogens with one attached hydrogen (secondary N) is 4. The van der Waals surface area contributed by atoms with E-state index in [1.54, 1.807) is 12.4 Å². The number of pyridine rings is 1. The Morgan fingerprint density at radius 1 is 1.25 bits per heavy atom. The topological polar surface area (TPSA) is 111 Å². The average Bonchev–Trinajstić information content (AvgIpc) is 3.20. The van der Waals surface area contributed by atoms with Crippen molar-refractivity contribution in [1.82, 2.24) is 21.1 Å². The lowest BCUT2D eigenvalue weighted by Crippen LogP contribution is -2.58. The fourth-order valence-corrected chi connectivity index (χ4v) is 3.26. The predicted molar refractivity (Wildman–Crippen MR) is 108 cm³/mol. The maximum Gasteiger partial charge on any atom is 0.243 e. The zero-order chi connectivity index (χ0) is 20.1. The molecule has 4 N–H and O–H groups in total. The molecule has 8 heteroatoms. The van der Waals surface area contributed by atoms with Gasteiger partial charge in [0.25, 0.3) is 0 Å². The van der Waals surface area contributed by atoms with Crippen molar-refractivity contribution in [2.45, 2.75) is 76.6 Å². The molecular formula is C20H32N6O2. The van der Waals surface area contributed by atoms with E-state index in [4.69, 9.17) is 10.1 Å². The van der Waals surface area contributed by atoms with E-state index in [0.29, 0.717) is 6.42 Å². The lowest BCUT2D eigenvalue weighted by atomic mass is 10.1. The van der Waals surface area contributed by atoms with Gasteiger partial charge >= 0.3 is 0 Å². The van der Waals surface area contributed by atoms with Crippen molar-refractivity contribution in [2.24, 2.45) is 0 Å². The summed E-state index contributed by atoms with van der Waals surface area (Å²) in [6.07, 6.45) is 14.4. The second-order valence-electron chi connectivity index (χ2n) is 7.36. The fourth-order valence-electron chi connectivity index (χ4n) is 3.26. The number of carbonyl (C=O) groups excluding carboxylic acids is 1. The van der Waals surface area contributed by atoms with Gasteiger partial charge in [-0.05, 0) is 51.3 Å². The number of nitrogens with zero attached hydrogens (tertiary/aromatic N) is 2. The Morgan fingerprint density at radius 3 is 2.68 bits per heavy atom. The minimum Gasteiger partial charge on any atom is -0.350 e. The van der Waals surface area contributed by atoms with Crippen molar-refractivity contribution in [2.75, 3.05) is 11.9 Å². The molecule has 1 amide bonds. The SMILES string of the molecule is CC(NC#N)(NCCCCCCC(=O)NOC1CCCC1)Nc1ccncc1. The number of hydroxylamine groups is 1. The van der Waals surface area contributed by atoms with Gasteiger partial charge in [-0.2, -0.15) is 5.26 Å². The molecule has 2 rings (SSSR count). The van der Waals surface area contributed by atoms with Gasteiger partial charge in [-0.25, -0.2) is 5.48 Å². The van der Waals surface area contributed by atoms with Gasteiger partial charge in [0.15, 0.2) is 12.0 Å². The van der Waals surface area contributed by atoms with Gasteiger partial charge in [0.1, 0.15) is 0 Å². The van der Waals surface area contributed by atoms with Gasteiger partial charge < -0.3 is 5.32 Å². The van der Waals surface area contributed by atoms with Crippen LogP contribution in [0.15, 0.2) is 24.5 Å². The van der Waals surface area contributed by atoms with Crippen molar-refractivity contribution in [3.63, 3.8) is 0 Å². The third-order valence-corrected chi connectivity index (χ3v) is 4.83. The zero-order valence-corrected chi connectivity index (χ0v) is 16.7. The minimum absolute atomic E-state index is 0.0302. The first-order chi connectivity index (χ1) is 13.6. The van der Waals surface area contributed by atoms with Crippen LogP contribution in [0.25, 0.3) is 0 Å². The van der Waals surface area contributed by atoms with Crippen molar-refractivity contribution >= 4 is 11.6 Å². The Kier molecular flexibility index (Phi) is 9.52. The van der Waals surface area contributed by atoms with Crippen LogP contribution in [-0.2, 0) is 9.63 Å². The Hall–Kier alpha value is -2.37. The summed E-state index contributed by atoms with van der Waals surface area (Å²) in [5.74, 6) is -0.759. The predicted octanol–water partition coefficient (Wildman–Crippen LogP) is 2.77. The summed E-state index contributed by atoms with van der Waals surface area (Å²) in [4.78, 5) is 21.2. The van der Waals surface area contributed by atoms with Gasteiger partial charge in [-0.15, -0.1) is 0 Å². The summed E-state index contributed by atoms with van der Waals surface area (Å²) < 4.78 is 0. The summed E-state index contributed by atoms with van der Waals surface area (Å²) in [5, 5.41) is 18.4. The van der Waals surface area contributed by atoms with E-state index >= 15 is 0 Å². The monoisotopic (exact) mass is 388 g/mol. The quantitative estimate of drug-likeness (QED) is 0.135. The third-order valence-electron chi connectivity index (χ3n) is 4.83. The number of anilines is 1. The van der Waals surface area contributed by atoms with E-state index in [0.717, 1.165) is 50.8 Å². The highest BCUT2D eigenvalue weighted by Gasteiger charge is 2.22. The molecule has 1 aliphatic rings. The van der Waals surface area contributed by atoms with E-state index < -0.39 is 5.79 Å². The molecule has 1 heterocycles. The number of unbranched alkanes of at least 4 members (excludes halogenated alkanes) is 3. The second-order valence-corrected chi connectivity index (χ2v) is 7.36. The summed E-state index contributed by atoms with van der Waals surface area (Å²) in [6, 6.07) is 3.70. The number of rotatable bonds is 13. The number of aromatic nitrogens is 1.